The van der Waals surface area contributed by atoms with Crippen molar-refractivity contribution in [1.82, 2.24) is 5.32 Å². The molecule has 0 amide bonds. The van der Waals surface area contributed by atoms with Crippen LogP contribution in [-0.2, 0) is 6.42 Å². The van der Waals surface area contributed by atoms with Gasteiger partial charge in [-0.15, -0.1) is 0 Å². The molecule has 1 heteroatoms. The Balaban J connectivity index is 2.28. The zero-order valence-electron chi connectivity index (χ0n) is 12.1. The molecule has 0 aliphatic heterocycles. The molecule has 1 aliphatic rings. The normalized spacial score (nSPS) is 19.9. The molecule has 0 saturated heterocycles. The lowest BCUT2D eigenvalue weighted by atomic mass is 9.77. The molecule has 1 N–H and O–H groups in total. The van der Waals surface area contributed by atoms with Crippen molar-refractivity contribution in [3.63, 3.8) is 0 Å². The highest BCUT2D eigenvalue weighted by atomic mass is 14.9. The molecule has 100 valence electrons. The lowest BCUT2D eigenvalue weighted by molar-refractivity contribution is 0.226. The Morgan fingerprint density at radius 2 is 1.94 bits per heavy atom. The van der Waals surface area contributed by atoms with Gasteiger partial charge in [0.05, 0.1) is 0 Å². The first kappa shape index (κ1) is 13.6. The van der Waals surface area contributed by atoms with Crippen LogP contribution in [0.2, 0.25) is 0 Å². The van der Waals surface area contributed by atoms with Gasteiger partial charge in [0.25, 0.3) is 0 Å². The topological polar surface area (TPSA) is 12.0 Å². The van der Waals surface area contributed by atoms with Crippen molar-refractivity contribution in [2.75, 3.05) is 6.54 Å². The van der Waals surface area contributed by atoms with Crippen molar-refractivity contribution in [2.24, 2.45) is 5.41 Å². The molecule has 0 bridgehead atoms. The Morgan fingerprint density at radius 1 is 1.22 bits per heavy atom. The van der Waals surface area contributed by atoms with Gasteiger partial charge in [-0.3, -0.25) is 0 Å². The third-order valence-corrected chi connectivity index (χ3v) is 4.54. The van der Waals surface area contributed by atoms with Gasteiger partial charge in [0.1, 0.15) is 0 Å². The molecule has 1 unspecified atom stereocenters. The maximum Gasteiger partial charge on any atom is 0.0374 e. The predicted molar refractivity (Wildman–Crippen MR) is 78.8 cm³/mol. The smallest absolute Gasteiger partial charge is 0.0374 e. The maximum atomic E-state index is 3.73. The number of aryl methyl sites for hydroxylation is 1. The minimum atomic E-state index is 0.447. The summed E-state index contributed by atoms with van der Waals surface area (Å²) in [7, 11) is 0. The Bertz CT molecular complexity index is 377. The fourth-order valence-corrected chi connectivity index (χ4v) is 3.43. The summed E-state index contributed by atoms with van der Waals surface area (Å²) in [6.07, 6.45) is 6.64. The second-order valence-electron chi connectivity index (χ2n) is 5.95. The fourth-order valence-electron chi connectivity index (χ4n) is 3.43. The summed E-state index contributed by atoms with van der Waals surface area (Å²) in [5.41, 5.74) is 3.39. The van der Waals surface area contributed by atoms with Crippen molar-refractivity contribution in [3.8, 4) is 0 Å². The molecular formula is C17H27N. The average Bonchev–Trinajstić information content (AvgIpc) is 2.84. The van der Waals surface area contributed by atoms with Crippen LogP contribution >= 0.6 is 0 Å². The van der Waals surface area contributed by atoms with Crippen molar-refractivity contribution in [3.05, 3.63) is 35.4 Å². The molecule has 0 aromatic heterocycles. The highest BCUT2D eigenvalue weighted by Gasteiger charge is 2.37. The van der Waals surface area contributed by atoms with Gasteiger partial charge in [0, 0.05) is 6.04 Å². The van der Waals surface area contributed by atoms with Crippen LogP contribution in [0.1, 0.15) is 63.6 Å². The quantitative estimate of drug-likeness (QED) is 0.806. The Hall–Kier alpha value is -0.820. The van der Waals surface area contributed by atoms with E-state index >= 15 is 0 Å². The molecule has 1 aliphatic carbocycles. The predicted octanol–water partition coefficient (Wildman–Crippen LogP) is 4.48. The van der Waals surface area contributed by atoms with Gasteiger partial charge in [-0.25, -0.2) is 0 Å². The first-order chi connectivity index (χ1) is 8.69. The van der Waals surface area contributed by atoms with E-state index in [1.54, 1.807) is 0 Å². The van der Waals surface area contributed by atoms with E-state index in [0.717, 1.165) is 13.0 Å². The summed E-state index contributed by atoms with van der Waals surface area (Å²) in [5.74, 6) is 0. The van der Waals surface area contributed by atoms with Gasteiger partial charge in [-0.2, -0.15) is 0 Å². The van der Waals surface area contributed by atoms with E-state index in [1.807, 2.05) is 0 Å². The van der Waals surface area contributed by atoms with E-state index in [9.17, 15) is 0 Å². The summed E-state index contributed by atoms with van der Waals surface area (Å²) in [4.78, 5) is 0. The molecule has 1 aromatic carbocycles. The van der Waals surface area contributed by atoms with E-state index in [4.69, 9.17) is 0 Å². The van der Waals surface area contributed by atoms with Crippen LogP contribution in [0.5, 0.6) is 0 Å². The molecule has 1 nitrogen and oxygen atoms in total. The Labute approximate surface area is 112 Å². The van der Waals surface area contributed by atoms with Crippen molar-refractivity contribution >= 4 is 0 Å². The van der Waals surface area contributed by atoms with Gasteiger partial charge < -0.3 is 5.32 Å². The van der Waals surface area contributed by atoms with Gasteiger partial charge in [-0.1, -0.05) is 57.9 Å². The van der Waals surface area contributed by atoms with E-state index in [1.165, 1.54) is 36.8 Å². The molecule has 2 rings (SSSR count). The summed E-state index contributed by atoms with van der Waals surface area (Å²) < 4.78 is 0. The van der Waals surface area contributed by atoms with E-state index in [2.05, 4.69) is 50.4 Å². The van der Waals surface area contributed by atoms with Gasteiger partial charge in [0.2, 0.25) is 0 Å². The van der Waals surface area contributed by atoms with Crippen molar-refractivity contribution < 1.29 is 0 Å². The summed E-state index contributed by atoms with van der Waals surface area (Å²) in [6, 6.07) is 9.68. The largest absolute Gasteiger partial charge is 0.310 e. The van der Waals surface area contributed by atoms with Gasteiger partial charge in [-0.05, 0) is 42.3 Å². The molecular weight excluding hydrogens is 218 g/mol. The Kier molecular flexibility index (Phi) is 4.45. The maximum absolute atomic E-state index is 3.73. The number of benzene rings is 1. The van der Waals surface area contributed by atoms with Crippen LogP contribution in [0.4, 0.5) is 0 Å². The average molecular weight is 245 g/mol. The number of rotatable bonds is 5. The van der Waals surface area contributed by atoms with E-state index in [0.29, 0.717) is 11.5 Å². The molecule has 1 fully saturated rings. The third-order valence-electron chi connectivity index (χ3n) is 4.54. The number of hydrogen-bond acceptors (Lipinski definition) is 1. The third kappa shape index (κ3) is 2.77. The molecule has 18 heavy (non-hydrogen) atoms. The van der Waals surface area contributed by atoms with Crippen LogP contribution in [0.15, 0.2) is 24.3 Å². The standard InChI is InChI=1S/C17H27N/c1-4-14-9-8-10-15(13-14)16(18-5-2)17(3)11-6-7-12-17/h8-10,13,16,18H,4-7,11-12H2,1-3H3. The Morgan fingerprint density at radius 3 is 2.56 bits per heavy atom. The molecule has 0 radical (unpaired) electrons. The van der Waals surface area contributed by atoms with E-state index in [-0.39, 0.29) is 0 Å². The number of nitrogens with one attached hydrogen (secondary N) is 1. The summed E-state index contributed by atoms with van der Waals surface area (Å²) in [6.45, 7) is 7.97. The minimum absolute atomic E-state index is 0.447. The molecule has 0 heterocycles. The zero-order valence-corrected chi connectivity index (χ0v) is 12.1. The molecule has 1 saturated carbocycles. The van der Waals surface area contributed by atoms with Crippen molar-refractivity contribution in [2.45, 2.75) is 58.9 Å². The van der Waals surface area contributed by atoms with Crippen LogP contribution in [0, 0.1) is 5.41 Å². The SMILES string of the molecule is CCNC(c1cccc(CC)c1)C1(C)CCCC1. The van der Waals surface area contributed by atoms with Crippen LogP contribution in [0.25, 0.3) is 0 Å². The summed E-state index contributed by atoms with van der Waals surface area (Å²) >= 11 is 0. The second-order valence-corrected chi connectivity index (χ2v) is 5.95. The van der Waals surface area contributed by atoms with Gasteiger partial charge in [0.15, 0.2) is 0 Å². The molecule has 0 spiro atoms. The molecule has 1 aromatic rings. The second kappa shape index (κ2) is 5.88. The van der Waals surface area contributed by atoms with Gasteiger partial charge >= 0.3 is 0 Å². The zero-order chi connectivity index (χ0) is 13.0. The van der Waals surface area contributed by atoms with Crippen molar-refractivity contribution in [1.29, 1.82) is 0 Å². The lowest BCUT2D eigenvalue weighted by Crippen LogP contribution is -2.34. The lowest BCUT2D eigenvalue weighted by Gasteiger charge is -2.35. The van der Waals surface area contributed by atoms with Crippen LogP contribution in [0.3, 0.4) is 0 Å². The highest BCUT2D eigenvalue weighted by molar-refractivity contribution is 5.28. The highest BCUT2D eigenvalue weighted by Crippen LogP contribution is 2.47. The van der Waals surface area contributed by atoms with E-state index < -0.39 is 0 Å². The first-order valence-electron chi connectivity index (χ1n) is 7.52. The first-order valence-corrected chi connectivity index (χ1v) is 7.52. The monoisotopic (exact) mass is 245 g/mol. The molecule has 1 atom stereocenters. The fraction of sp³-hybridized carbons (Fsp3) is 0.647. The number of hydrogen-bond donors (Lipinski definition) is 1. The minimum Gasteiger partial charge on any atom is -0.310 e. The van der Waals surface area contributed by atoms with Crippen LogP contribution in [-0.4, -0.2) is 6.54 Å². The van der Waals surface area contributed by atoms with Crippen LogP contribution < -0.4 is 5.32 Å². The summed E-state index contributed by atoms with van der Waals surface area (Å²) in [5, 5.41) is 3.73.